The fraction of sp³-hybridized carbons (Fsp3) is 0.246. The summed E-state index contributed by atoms with van der Waals surface area (Å²) >= 11 is 7.23. The Morgan fingerprint density at radius 2 is 0.678 bits per heavy atom. The molecule has 0 fully saturated rings. The Kier molecular flexibility index (Phi) is 12.3. The third-order valence-corrected chi connectivity index (χ3v) is 13.4. The van der Waals surface area contributed by atoms with Crippen molar-refractivity contribution in [2.45, 2.75) is 99.3 Å². The van der Waals surface area contributed by atoms with Crippen molar-refractivity contribution in [1.82, 2.24) is 0 Å². The van der Waals surface area contributed by atoms with Crippen molar-refractivity contribution >= 4 is 28.7 Å². The van der Waals surface area contributed by atoms with Gasteiger partial charge in [-0.2, -0.15) is 0 Å². The van der Waals surface area contributed by atoms with Gasteiger partial charge in [0.1, 0.15) is 0 Å². The van der Waals surface area contributed by atoms with Gasteiger partial charge < -0.3 is 28.7 Å². The highest BCUT2D eigenvalue weighted by Crippen LogP contribution is 2.44. The van der Waals surface area contributed by atoms with Crippen molar-refractivity contribution in [3.8, 4) is 44.5 Å². The van der Waals surface area contributed by atoms with E-state index in [4.69, 9.17) is 12.2 Å². The molecule has 0 N–H and O–H groups in total. The molecule has 0 nitrogen and oxygen atoms in total. The second kappa shape index (κ2) is 17.3. The quantitative estimate of drug-likeness (QED) is 0.0767. The van der Waals surface area contributed by atoms with E-state index in [0.29, 0.717) is 0 Å². The van der Waals surface area contributed by atoms with Crippen LogP contribution in [0.15, 0.2) is 126 Å². The van der Waals surface area contributed by atoms with E-state index >= 15 is 0 Å². The first-order valence-electron chi connectivity index (χ1n) is 20.9. The van der Waals surface area contributed by atoms with Gasteiger partial charge in [-0.25, -0.2) is 0 Å². The van der Waals surface area contributed by atoms with E-state index in [9.17, 15) is 0 Å². The fourth-order valence-electron chi connectivity index (χ4n) is 9.45. The normalized spacial score (nSPS) is 11.6. The van der Waals surface area contributed by atoms with E-state index in [1.807, 2.05) is 0 Å². The van der Waals surface area contributed by atoms with Crippen molar-refractivity contribution in [1.29, 1.82) is 0 Å². The number of rotatable bonds is 10. The zero-order chi connectivity index (χ0) is 42.2. The van der Waals surface area contributed by atoms with Crippen LogP contribution in [0.5, 0.6) is 0 Å². The summed E-state index contributed by atoms with van der Waals surface area (Å²) in [6.45, 7) is 25.0. The van der Waals surface area contributed by atoms with E-state index in [1.54, 1.807) is 11.8 Å². The van der Waals surface area contributed by atoms with Crippen LogP contribution in [-0.4, -0.2) is 4.70 Å². The summed E-state index contributed by atoms with van der Waals surface area (Å²) in [6, 6.07) is 45.5. The van der Waals surface area contributed by atoms with Crippen molar-refractivity contribution in [3.63, 3.8) is 0 Å². The molecule has 0 spiro atoms. The van der Waals surface area contributed by atoms with Crippen LogP contribution >= 0.6 is 24.0 Å². The molecule has 0 unspecified atom stereocenters. The van der Waals surface area contributed by atoms with Gasteiger partial charge in [-0.05, 0) is 195 Å². The third kappa shape index (κ3) is 8.41. The number of benzene rings is 7. The zero-order valence-electron chi connectivity index (χ0n) is 36.8. The molecule has 0 atom stereocenters. The van der Waals surface area contributed by atoms with Crippen LogP contribution in [0.4, 0.5) is 0 Å². The van der Waals surface area contributed by atoms with Crippen molar-refractivity contribution in [2.75, 3.05) is 0 Å². The summed E-state index contributed by atoms with van der Waals surface area (Å²) in [7, 11) is 0. The van der Waals surface area contributed by atoms with E-state index in [2.05, 4.69) is 202 Å². The molecule has 0 saturated carbocycles. The second-order valence-corrected chi connectivity index (χ2v) is 18.9. The van der Waals surface area contributed by atoms with Gasteiger partial charge in [0.05, 0.1) is 0 Å². The van der Waals surface area contributed by atoms with Crippen LogP contribution in [-0.2, 0) is 18.3 Å². The highest BCUT2D eigenvalue weighted by molar-refractivity contribution is 8.20. The maximum absolute atomic E-state index is 5.65. The highest BCUT2D eigenvalue weighted by atomic mass is 32.2. The molecule has 7 aromatic carbocycles. The smallest absolute Gasteiger partial charge is 0.000301 e. The van der Waals surface area contributed by atoms with Gasteiger partial charge in [0, 0.05) is 0 Å². The fourth-order valence-corrected chi connectivity index (χ4v) is 10.3. The Balaban J connectivity index is 1.54. The van der Waals surface area contributed by atoms with Crippen LogP contribution < -0.4 is 0 Å². The minimum absolute atomic E-state index is 0.0861. The van der Waals surface area contributed by atoms with Gasteiger partial charge in [0.25, 0.3) is 0 Å². The first kappa shape index (κ1) is 42.1. The van der Waals surface area contributed by atoms with Crippen LogP contribution in [0, 0.1) is 55.4 Å². The van der Waals surface area contributed by atoms with Gasteiger partial charge >= 0.3 is 0 Å². The Morgan fingerprint density at radius 1 is 0.424 bits per heavy atom. The molecule has 0 aliphatic carbocycles. The van der Waals surface area contributed by atoms with Crippen LogP contribution in [0.2, 0.25) is 0 Å². The molecule has 0 bridgehead atoms. The van der Waals surface area contributed by atoms with Crippen molar-refractivity contribution in [3.05, 3.63) is 194 Å². The lowest BCUT2D eigenvalue weighted by molar-refractivity contribution is 0.587. The average molecular weight is 806 g/mol. The summed E-state index contributed by atoms with van der Waals surface area (Å²) in [5.74, 6) is 0. The minimum Gasteiger partial charge on any atom is -0.356 e. The topological polar surface area (TPSA) is 0 Å². The van der Waals surface area contributed by atoms with Gasteiger partial charge in [-0.3, -0.25) is 0 Å². The van der Waals surface area contributed by atoms with Gasteiger partial charge in [0.15, 0.2) is 0 Å². The van der Waals surface area contributed by atoms with Gasteiger partial charge in [0.2, 0.25) is 0 Å². The maximum atomic E-state index is 5.65. The summed E-state index contributed by atoms with van der Waals surface area (Å²) in [5.41, 5.74) is 27.3. The zero-order valence-corrected chi connectivity index (χ0v) is 38.4. The molecule has 2 heteroatoms. The number of thioether (sulfide) groups is 1. The molecule has 7 aromatic rings. The minimum atomic E-state index is -0.0861. The summed E-state index contributed by atoms with van der Waals surface area (Å²) in [4.78, 5) is 1.21. The van der Waals surface area contributed by atoms with Crippen LogP contribution in [0.1, 0.15) is 93.1 Å². The summed E-state index contributed by atoms with van der Waals surface area (Å²) in [6.07, 6.45) is 1.51. The molecule has 0 amide bonds. The van der Waals surface area contributed by atoms with E-state index < -0.39 is 0 Å². The Bertz CT molecular complexity index is 2320. The molecule has 0 saturated heterocycles. The number of hydrogen-bond donors (Lipinski definition) is 0. The molecule has 59 heavy (non-hydrogen) atoms. The monoisotopic (exact) mass is 805 g/mol. The average Bonchev–Trinajstić information content (AvgIpc) is 3.17. The lowest BCUT2D eigenvalue weighted by Gasteiger charge is -2.28. The number of hydrogen-bond acceptors (Lipinski definition) is 2. The van der Waals surface area contributed by atoms with Crippen molar-refractivity contribution < 1.29 is 0 Å². The molecular formula is C57H57S2-. The Labute approximate surface area is 364 Å². The number of thiocarbonyl (C=S) groups is 1. The van der Waals surface area contributed by atoms with E-state index in [-0.39, 0.29) is 5.41 Å². The molecule has 0 aliphatic heterocycles. The molecule has 0 aliphatic rings. The van der Waals surface area contributed by atoms with Gasteiger partial charge in [-0.1, -0.05) is 142 Å². The molecule has 298 valence electrons. The SMILES string of the molecule is Cc1cccc(C)c1-c1cccc(-c2c(C)cccc2C)c1Cc1cc(C(C)(C)C)cc(Cc2c(-c3c(C)cccc3C)cccc2-c2c(C)cccc2C)c1S[C-]=S. The number of aryl methyl sites for hydroxylation is 8. The van der Waals surface area contributed by atoms with Gasteiger partial charge in [-0.15, -0.1) is 0 Å². The standard InChI is InChI=1S/C57H57S2/c1-35-18-12-19-36(2)52(35)46-26-16-27-47(53-37(3)20-13-21-38(53)4)50(46)32-43-30-45(57(9,10)11)31-44(56(43)59-34-58)33-51-48(54-39(5)22-14-23-40(54)6)28-17-29-49(51)55-41(7)24-15-25-42(55)8/h12-31H,32-33H2,1-11H3/q-1. The molecule has 0 radical (unpaired) electrons. The summed E-state index contributed by atoms with van der Waals surface area (Å²) < 4.78 is 3.15. The van der Waals surface area contributed by atoms with Crippen LogP contribution in [0.3, 0.4) is 0 Å². The van der Waals surface area contributed by atoms with Crippen molar-refractivity contribution in [2.24, 2.45) is 0 Å². The third-order valence-electron chi connectivity index (χ3n) is 12.3. The second-order valence-electron chi connectivity index (χ2n) is 17.6. The van der Waals surface area contributed by atoms with Crippen LogP contribution in [0.25, 0.3) is 44.5 Å². The maximum Gasteiger partial charge on any atom is -0.000301 e. The van der Waals surface area contributed by atoms with E-state index in [0.717, 1.165) is 12.8 Å². The largest absolute Gasteiger partial charge is 0.356 e. The Hall–Kier alpha value is -5.02. The first-order valence-corrected chi connectivity index (χ1v) is 22.1. The first-order chi connectivity index (χ1) is 28.2. The van der Waals surface area contributed by atoms with E-state index in [1.165, 1.54) is 122 Å². The molecular weight excluding hydrogens is 749 g/mol. The summed E-state index contributed by atoms with van der Waals surface area (Å²) in [5, 5.41) is 0. The Morgan fingerprint density at radius 3 is 0.915 bits per heavy atom. The predicted molar refractivity (Wildman–Crippen MR) is 262 cm³/mol. The highest BCUT2D eigenvalue weighted by Gasteiger charge is 2.25. The molecule has 7 rings (SSSR count). The molecule has 0 heterocycles. The molecule has 0 aromatic heterocycles. The lowest BCUT2D eigenvalue weighted by atomic mass is 9.79. The lowest BCUT2D eigenvalue weighted by Crippen LogP contribution is -2.14. The predicted octanol–water partition coefficient (Wildman–Crippen LogP) is 16.2.